The summed E-state index contributed by atoms with van der Waals surface area (Å²) < 4.78 is 2.32. The van der Waals surface area contributed by atoms with Crippen LogP contribution in [-0.4, -0.2) is 45.1 Å². The maximum atomic E-state index is 4.54. The molecule has 1 aliphatic carbocycles. The number of aromatic nitrogens is 3. The van der Waals surface area contributed by atoms with Gasteiger partial charge in [-0.05, 0) is 64.2 Å². The standard InChI is InChI=1S/C17H30N4S/c1-4-21-16(18-19-17(21)22-3)14-6-5-11-20(12-14)15-9-7-13(2)8-10-15/h13-15H,4-12H2,1-3H3. The summed E-state index contributed by atoms with van der Waals surface area (Å²) in [5.74, 6) is 2.73. The first-order valence-corrected chi connectivity index (χ1v) is 10.2. The van der Waals surface area contributed by atoms with E-state index >= 15 is 0 Å². The maximum Gasteiger partial charge on any atom is 0.190 e. The molecule has 3 rings (SSSR count). The molecule has 4 nitrogen and oxygen atoms in total. The van der Waals surface area contributed by atoms with Crippen LogP contribution in [0.5, 0.6) is 0 Å². The van der Waals surface area contributed by atoms with E-state index in [0.717, 1.165) is 23.7 Å². The second-order valence-electron chi connectivity index (χ2n) is 7.04. The van der Waals surface area contributed by atoms with Gasteiger partial charge in [-0.25, -0.2) is 0 Å². The summed E-state index contributed by atoms with van der Waals surface area (Å²) >= 11 is 1.71. The normalized spacial score (nSPS) is 30.6. The lowest BCUT2D eigenvalue weighted by Gasteiger charge is -2.40. The van der Waals surface area contributed by atoms with Crippen molar-refractivity contribution < 1.29 is 0 Å². The van der Waals surface area contributed by atoms with Crippen LogP contribution in [0.2, 0.25) is 0 Å². The zero-order chi connectivity index (χ0) is 15.5. The number of hydrogen-bond acceptors (Lipinski definition) is 4. The Bertz CT molecular complexity index is 479. The van der Waals surface area contributed by atoms with Crippen LogP contribution in [0.25, 0.3) is 0 Å². The predicted molar refractivity (Wildman–Crippen MR) is 92.4 cm³/mol. The van der Waals surface area contributed by atoms with E-state index in [2.05, 4.69) is 39.8 Å². The van der Waals surface area contributed by atoms with E-state index in [-0.39, 0.29) is 0 Å². The van der Waals surface area contributed by atoms with Gasteiger partial charge in [0.15, 0.2) is 5.16 Å². The van der Waals surface area contributed by atoms with E-state index < -0.39 is 0 Å². The third-order valence-electron chi connectivity index (χ3n) is 5.56. The third kappa shape index (κ3) is 3.35. The van der Waals surface area contributed by atoms with Crippen LogP contribution >= 0.6 is 11.8 Å². The SMILES string of the molecule is CCn1c(SC)nnc1C1CCCN(C2CCC(C)CC2)C1. The van der Waals surface area contributed by atoms with Crippen molar-refractivity contribution in [1.29, 1.82) is 0 Å². The van der Waals surface area contributed by atoms with Crippen LogP contribution < -0.4 is 0 Å². The summed E-state index contributed by atoms with van der Waals surface area (Å²) in [6.45, 7) is 8.06. The van der Waals surface area contributed by atoms with E-state index in [1.54, 1.807) is 11.8 Å². The van der Waals surface area contributed by atoms with Gasteiger partial charge in [-0.2, -0.15) is 0 Å². The predicted octanol–water partition coefficient (Wildman–Crippen LogP) is 3.78. The van der Waals surface area contributed by atoms with Gasteiger partial charge in [0.2, 0.25) is 0 Å². The Hall–Kier alpha value is -0.550. The van der Waals surface area contributed by atoms with Crippen LogP contribution in [0.3, 0.4) is 0 Å². The second kappa shape index (κ2) is 7.35. The Morgan fingerprint density at radius 2 is 1.91 bits per heavy atom. The van der Waals surface area contributed by atoms with Crippen molar-refractivity contribution in [3.8, 4) is 0 Å². The van der Waals surface area contributed by atoms with Gasteiger partial charge in [-0.1, -0.05) is 18.7 Å². The van der Waals surface area contributed by atoms with Crippen molar-refractivity contribution in [3.05, 3.63) is 5.82 Å². The fourth-order valence-corrected chi connectivity index (χ4v) is 4.77. The fraction of sp³-hybridized carbons (Fsp3) is 0.882. The van der Waals surface area contributed by atoms with E-state index in [1.807, 2.05) is 0 Å². The smallest absolute Gasteiger partial charge is 0.190 e. The molecule has 0 N–H and O–H groups in total. The Kier molecular flexibility index (Phi) is 5.45. The molecule has 2 aliphatic rings. The van der Waals surface area contributed by atoms with Crippen molar-refractivity contribution in [1.82, 2.24) is 19.7 Å². The highest BCUT2D eigenvalue weighted by atomic mass is 32.2. The minimum Gasteiger partial charge on any atom is -0.306 e. The van der Waals surface area contributed by atoms with Gasteiger partial charge in [-0.3, -0.25) is 4.90 Å². The fourth-order valence-electron chi connectivity index (χ4n) is 4.21. The molecule has 0 amide bonds. The maximum absolute atomic E-state index is 4.54. The molecule has 1 atom stereocenters. The van der Waals surface area contributed by atoms with Crippen LogP contribution in [0.15, 0.2) is 5.16 Å². The molecule has 1 saturated carbocycles. The Morgan fingerprint density at radius 3 is 2.59 bits per heavy atom. The molecular weight excluding hydrogens is 292 g/mol. The Balaban J connectivity index is 1.69. The van der Waals surface area contributed by atoms with Crippen molar-refractivity contribution >= 4 is 11.8 Å². The van der Waals surface area contributed by atoms with Gasteiger partial charge in [0, 0.05) is 25.0 Å². The molecule has 0 aromatic carbocycles. The largest absolute Gasteiger partial charge is 0.306 e. The van der Waals surface area contributed by atoms with Gasteiger partial charge in [0.05, 0.1) is 0 Å². The quantitative estimate of drug-likeness (QED) is 0.790. The van der Waals surface area contributed by atoms with Crippen molar-refractivity contribution in [2.24, 2.45) is 5.92 Å². The monoisotopic (exact) mass is 322 g/mol. The number of rotatable bonds is 4. The molecule has 2 fully saturated rings. The highest BCUT2D eigenvalue weighted by Crippen LogP contribution is 2.33. The first kappa shape index (κ1) is 16.3. The van der Waals surface area contributed by atoms with Gasteiger partial charge < -0.3 is 4.57 Å². The first-order chi connectivity index (χ1) is 10.7. The van der Waals surface area contributed by atoms with Crippen molar-refractivity contribution in [2.45, 2.75) is 76.0 Å². The van der Waals surface area contributed by atoms with Crippen LogP contribution in [0.1, 0.15) is 64.1 Å². The van der Waals surface area contributed by atoms with E-state index in [0.29, 0.717) is 5.92 Å². The second-order valence-corrected chi connectivity index (χ2v) is 7.81. The molecule has 0 spiro atoms. The molecule has 1 aliphatic heterocycles. The molecule has 5 heteroatoms. The van der Waals surface area contributed by atoms with Gasteiger partial charge in [0.1, 0.15) is 5.82 Å². The van der Waals surface area contributed by atoms with E-state index in [1.165, 1.54) is 57.4 Å². The molecule has 1 saturated heterocycles. The number of hydrogen-bond donors (Lipinski definition) is 0. The molecule has 124 valence electrons. The van der Waals surface area contributed by atoms with Crippen LogP contribution in [-0.2, 0) is 6.54 Å². The minimum atomic E-state index is 0.571. The van der Waals surface area contributed by atoms with Gasteiger partial charge >= 0.3 is 0 Å². The molecule has 1 unspecified atom stereocenters. The van der Waals surface area contributed by atoms with E-state index in [9.17, 15) is 0 Å². The molecule has 22 heavy (non-hydrogen) atoms. The number of piperidine rings is 1. The average molecular weight is 323 g/mol. The number of nitrogens with zero attached hydrogens (tertiary/aromatic N) is 4. The topological polar surface area (TPSA) is 34.0 Å². The van der Waals surface area contributed by atoms with Gasteiger partial charge in [0.25, 0.3) is 0 Å². The number of likely N-dealkylation sites (tertiary alicyclic amines) is 1. The third-order valence-corrected chi connectivity index (χ3v) is 6.23. The van der Waals surface area contributed by atoms with Crippen molar-refractivity contribution in [3.63, 3.8) is 0 Å². The molecule has 2 heterocycles. The molecular formula is C17H30N4S. The lowest BCUT2D eigenvalue weighted by molar-refractivity contribution is 0.104. The summed E-state index contributed by atoms with van der Waals surface area (Å²) in [6.07, 6.45) is 10.3. The first-order valence-electron chi connectivity index (χ1n) is 8.94. The Morgan fingerprint density at radius 1 is 1.14 bits per heavy atom. The van der Waals surface area contributed by atoms with Gasteiger partial charge in [-0.15, -0.1) is 10.2 Å². The summed E-state index contributed by atoms with van der Waals surface area (Å²) in [5, 5.41) is 9.99. The number of thioether (sulfide) groups is 1. The van der Waals surface area contributed by atoms with Crippen LogP contribution in [0, 0.1) is 5.92 Å². The van der Waals surface area contributed by atoms with Crippen molar-refractivity contribution in [2.75, 3.05) is 19.3 Å². The summed E-state index contributed by atoms with van der Waals surface area (Å²) in [5.41, 5.74) is 0. The zero-order valence-corrected chi connectivity index (χ0v) is 15.1. The molecule has 1 aromatic heterocycles. The summed E-state index contributed by atoms with van der Waals surface area (Å²) in [6, 6.07) is 0.817. The lowest BCUT2D eigenvalue weighted by atomic mass is 9.85. The highest BCUT2D eigenvalue weighted by molar-refractivity contribution is 7.98. The van der Waals surface area contributed by atoms with Crippen LogP contribution in [0.4, 0.5) is 0 Å². The molecule has 0 radical (unpaired) electrons. The molecule has 0 bridgehead atoms. The minimum absolute atomic E-state index is 0.571. The lowest BCUT2D eigenvalue weighted by Crippen LogP contribution is -2.44. The summed E-state index contributed by atoms with van der Waals surface area (Å²) in [7, 11) is 0. The highest BCUT2D eigenvalue weighted by Gasteiger charge is 2.31. The Labute approximate surface area is 139 Å². The summed E-state index contributed by atoms with van der Waals surface area (Å²) in [4.78, 5) is 2.76. The average Bonchev–Trinajstić information content (AvgIpc) is 2.98. The zero-order valence-electron chi connectivity index (χ0n) is 14.3. The van der Waals surface area contributed by atoms with E-state index in [4.69, 9.17) is 0 Å². The molecule has 1 aromatic rings.